The lowest BCUT2D eigenvalue weighted by Gasteiger charge is -2.05. The molecule has 0 radical (unpaired) electrons. The lowest BCUT2D eigenvalue weighted by Crippen LogP contribution is -1.90. The van der Waals surface area contributed by atoms with Crippen molar-refractivity contribution in [3.8, 4) is 0 Å². The van der Waals surface area contributed by atoms with E-state index in [1.54, 1.807) is 19.1 Å². The SMILES string of the molecule is Cc1cc(Cl)c2c(C)ccc(F)c2n1. The average molecular weight is 210 g/mol. The summed E-state index contributed by atoms with van der Waals surface area (Å²) in [5, 5.41) is 1.27. The Balaban J connectivity index is 3.00. The van der Waals surface area contributed by atoms with Crippen molar-refractivity contribution in [3.63, 3.8) is 0 Å². The number of aromatic nitrogens is 1. The van der Waals surface area contributed by atoms with Crippen LogP contribution in [0.3, 0.4) is 0 Å². The molecule has 0 aliphatic rings. The van der Waals surface area contributed by atoms with E-state index in [2.05, 4.69) is 4.98 Å². The van der Waals surface area contributed by atoms with Crippen LogP contribution in [-0.4, -0.2) is 4.98 Å². The molecule has 0 saturated carbocycles. The molecule has 0 spiro atoms. The number of aryl methyl sites for hydroxylation is 2. The summed E-state index contributed by atoms with van der Waals surface area (Å²) in [7, 11) is 0. The number of halogens is 2. The normalized spacial score (nSPS) is 10.9. The van der Waals surface area contributed by atoms with Crippen molar-refractivity contribution in [2.75, 3.05) is 0 Å². The number of nitrogens with zero attached hydrogens (tertiary/aromatic N) is 1. The molecule has 2 aromatic rings. The molecule has 3 heteroatoms. The van der Waals surface area contributed by atoms with Crippen LogP contribution >= 0.6 is 11.6 Å². The summed E-state index contributed by atoms with van der Waals surface area (Å²) in [6, 6.07) is 4.87. The predicted octanol–water partition coefficient (Wildman–Crippen LogP) is 3.64. The molecule has 0 unspecified atom stereocenters. The van der Waals surface area contributed by atoms with Crippen LogP contribution in [0.25, 0.3) is 10.9 Å². The molecule has 72 valence electrons. The predicted molar refractivity (Wildman–Crippen MR) is 56.2 cm³/mol. The van der Waals surface area contributed by atoms with Gasteiger partial charge in [-0.2, -0.15) is 0 Å². The maximum absolute atomic E-state index is 13.4. The molecule has 14 heavy (non-hydrogen) atoms. The molecule has 1 aromatic carbocycles. The Bertz CT molecular complexity index is 508. The number of benzene rings is 1. The van der Waals surface area contributed by atoms with Gasteiger partial charge in [0.15, 0.2) is 0 Å². The maximum atomic E-state index is 13.4. The fraction of sp³-hybridized carbons (Fsp3) is 0.182. The zero-order chi connectivity index (χ0) is 10.3. The van der Waals surface area contributed by atoms with Gasteiger partial charge in [0.1, 0.15) is 11.3 Å². The number of rotatable bonds is 0. The third-order valence-corrected chi connectivity index (χ3v) is 2.50. The second kappa shape index (κ2) is 3.21. The van der Waals surface area contributed by atoms with Gasteiger partial charge < -0.3 is 0 Å². The van der Waals surface area contributed by atoms with Crippen molar-refractivity contribution in [3.05, 3.63) is 40.3 Å². The van der Waals surface area contributed by atoms with Crippen molar-refractivity contribution >= 4 is 22.5 Å². The van der Waals surface area contributed by atoms with E-state index in [9.17, 15) is 4.39 Å². The first-order chi connectivity index (χ1) is 6.59. The van der Waals surface area contributed by atoms with Gasteiger partial charge in [-0.1, -0.05) is 17.7 Å². The first-order valence-corrected chi connectivity index (χ1v) is 4.69. The van der Waals surface area contributed by atoms with Gasteiger partial charge in [-0.25, -0.2) is 9.37 Å². The van der Waals surface area contributed by atoms with Crippen LogP contribution < -0.4 is 0 Å². The molecule has 1 nitrogen and oxygen atoms in total. The van der Waals surface area contributed by atoms with Crippen molar-refractivity contribution in [1.82, 2.24) is 4.98 Å². The van der Waals surface area contributed by atoms with Gasteiger partial charge in [0, 0.05) is 11.1 Å². The van der Waals surface area contributed by atoms with Crippen LogP contribution in [0.4, 0.5) is 4.39 Å². The van der Waals surface area contributed by atoms with Crippen LogP contribution in [-0.2, 0) is 0 Å². The first-order valence-electron chi connectivity index (χ1n) is 4.31. The van der Waals surface area contributed by atoms with Gasteiger partial charge in [0.05, 0.1) is 5.02 Å². The minimum absolute atomic E-state index is 0.323. The van der Waals surface area contributed by atoms with Gasteiger partial charge in [-0.15, -0.1) is 0 Å². The number of fused-ring (bicyclic) bond motifs is 1. The highest BCUT2D eigenvalue weighted by Crippen LogP contribution is 2.27. The molecule has 0 amide bonds. The van der Waals surface area contributed by atoms with Crippen LogP contribution in [0.1, 0.15) is 11.3 Å². The summed E-state index contributed by atoms with van der Waals surface area (Å²) in [6.45, 7) is 3.69. The molecular weight excluding hydrogens is 201 g/mol. The van der Waals surface area contributed by atoms with E-state index in [-0.39, 0.29) is 5.82 Å². The van der Waals surface area contributed by atoms with Gasteiger partial charge >= 0.3 is 0 Å². The summed E-state index contributed by atoms with van der Waals surface area (Å²) in [4.78, 5) is 4.14. The molecule has 0 saturated heterocycles. The Morgan fingerprint density at radius 3 is 2.71 bits per heavy atom. The standard InChI is InChI=1S/C11H9ClFN/c1-6-3-4-9(13)11-10(6)8(12)5-7(2)14-11/h3-5H,1-2H3. The van der Waals surface area contributed by atoms with Gasteiger partial charge in [-0.05, 0) is 31.5 Å². The molecule has 0 bridgehead atoms. The minimum atomic E-state index is -0.323. The van der Waals surface area contributed by atoms with Gasteiger partial charge in [0.25, 0.3) is 0 Å². The summed E-state index contributed by atoms with van der Waals surface area (Å²) >= 11 is 6.03. The van der Waals surface area contributed by atoms with Gasteiger partial charge in [0.2, 0.25) is 0 Å². The monoisotopic (exact) mass is 209 g/mol. The summed E-state index contributed by atoms with van der Waals surface area (Å²) in [5.41, 5.74) is 2.03. The van der Waals surface area contributed by atoms with Crippen molar-refractivity contribution in [2.24, 2.45) is 0 Å². The molecular formula is C11H9ClFN. The molecule has 0 aliphatic heterocycles. The number of pyridine rings is 1. The second-order valence-electron chi connectivity index (χ2n) is 3.33. The quantitative estimate of drug-likeness (QED) is 0.646. The van der Waals surface area contributed by atoms with Gasteiger partial charge in [-0.3, -0.25) is 0 Å². The Morgan fingerprint density at radius 2 is 2.00 bits per heavy atom. The first kappa shape index (κ1) is 9.41. The van der Waals surface area contributed by atoms with Crippen molar-refractivity contribution in [2.45, 2.75) is 13.8 Å². The highest BCUT2D eigenvalue weighted by Gasteiger charge is 2.08. The molecule has 0 atom stereocenters. The number of hydrogen-bond acceptors (Lipinski definition) is 1. The third-order valence-electron chi connectivity index (χ3n) is 2.20. The second-order valence-corrected chi connectivity index (χ2v) is 3.74. The highest BCUT2D eigenvalue weighted by atomic mass is 35.5. The lowest BCUT2D eigenvalue weighted by atomic mass is 10.1. The topological polar surface area (TPSA) is 12.9 Å². The summed E-state index contributed by atoms with van der Waals surface area (Å²) in [6.07, 6.45) is 0. The largest absolute Gasteiger partial charge is 0.250 e. The highest BCUT2D eigenvalue weighted by molar-refractivity contribution is 6.35. The van der Waals surface area contributed by atoms with Crippen LogP contribution in [0, 0.1) is 19.7 Å². The Morgan fingerprint density at radius 1 is 1.29 bits per heavy atom. The molecule has 1 aromatic heterocycles. The maximum Gasteiger partial charge on any atom is 0.149 e. The molecule has 0 N–H and O–H groups in total. The third kappa shape index (κ3) is 1.36. The molecule has 0 fully saturated rings. The summed E-state index contributed by atoms with van der Waals surface area (Å²) < 4.78 is 13.4. The Hall–Kier alpha value is -1.15. The van der Waals surface area contributed by atoms with E-state index < -0.39 is 0 Å². The minimum Gasteiger partial charge on any atom is -0.250 e. The van der Waals surface area contributed by atoms with E-state index in [0.29, 0.717) is 15.9 Å². The van der Waals surface area contributed by atoms with Crippen molar-refractivity contribution < 1.29 is 4.39 Å². The smallest absolute Gasteiger partial charge is 0.149 e. The zero-order valence-corrected chi connectivity index (χ0v) is 8.69. The van der Waals surface area contributed by atoms with Crippen molar-refractivity contribution in [1.29, 1.82) is 0 Å². The molecule has 2 rings (SSSR count). The average Bonchev–Trinajstić information content (AvgIpc) is 2.10. The fourth-order valence-electron chi connectivity index (χ4n) is 1.54. The van der Waals surface area contributed by atoms with E-state index in [4.69, 9.17) is 11.6 Å². The summed E-state index contributed by atoms with van der Waals surface area (Å²) in [5.74, 6) is -0.323. The molecule has 0 aliphatic carbocycles. The van der Waals surface area contributed by atoms with Crippen LogP contribution in [0.5, 0.6) is 0 Å². The van der Waals surface area contributed by atoms with Crippen LogP contribution in [0.2, 0.25) is 5.02 Å². The Kier molecular flexibility index (Phi) is 2.16. The van der Waals surface area contributed by atoms with E-state index >= 15 is 0 Å². The lowest BCUT2D eigenvalue weighted by molar-refractivity contribution is 0.636. The van der Waals surface area contributed by atoms with Crippen LogP contribution in [0.15, 0.2) is 18.2 Å². The van der Waals surface area contributed by atoms with E-state index in [1.165, 1.54) is 6.07 Å². The van der Waals surface area contributed by atoms with E-state index in [0.717, 1.165) is 11.3 Å². The van der Waals surface area contributed by atoms with E-state index in [1.807, 2.05) is 6.92 Å². The molecule has 1 heterocycles. The zero-order valence-electron chi connectivity index (χ0n) is 7.94. The Labute approximate surface area is 86.5 Å². The number of hydrogen-bond donors (Lipinski definition) is 0. The fourth-order valence-corrected chi connectivity index (χ4v) is 1.94.